The van der Waals surface area contributed by atoms with Crippen LogP contribution in [0, 0.1) is 33.5 Å². The molecular weight excluding hydrogens is 344 g/mol. The van der Waals surface area contributed by atoms with E-state index in [2.05, 4.69) is 0 Å². The van der Waals surface area contributed by atoms with Crippen LogP contribution < -0.4 is 0 Å². The molecule has 1 atom stereocenters. The normalized spacial score (nSPS) is 22.7. The van der Waals surface area contributed by atoms with E-state index >= 15 is 0 Å². The minimum Gasteiger partial charge on any atom is -0.273 e. The van der Waals surface area contributed by atoms with Gasteiger partial charge in [-0.2, -0.15) is 10.5 Å². The van der Waals surface area contributed by atoms with Gasteiger partial charge in [0.1, 0.15) is 0 Å². The summed E-state index contributed by atoms with van der Waals surface area (Å²) in [6.45, 7) is 0. The van der Waals surface area contributed by atoms with E-state index in [1.165, 1.54) is 14.1 Å². The number of fused-ring (bicyclic) bond motifs is 1. The number of carbonyl (C=O) groups excluding carboxylic acids is 3. The average Bonchev–Trinajstić information content (AvgIpc) is 3.33. The van der Waals surface area contributed by atoms with Crippen molar-refractivity contribution in [2.75, 3.05) is 14.1 Å². The predicted octanol–water partition coefficient (Wildman–Crippen LogP) is 2.01. The number of urea groups is 1. The van der Waals surface area contributed by atoms with Crippen LogP contribution in [0.15, 0.2) is 42.5 Å². The smallest absolute Gasteiger partial charge is 0.273 e. The summed E-state index contributed by atoms with van der Waals surface area (Å²) in [7, 11) is 2.51. The first kappa shape index (κ1) is 16.7. The molecule has 1 unspecified atom stereocenters. The van der Waals surface area contributed by atoms with Crippen molar-refractivity contribution in [3.63, 3.8) is 0 Å². The van der Waals surface area contributed by atoms with Crippen LogP contribution in [0.25, 0.3) is 10.8 Å². The summed E-state index contributed by atoms with van der Waals surface area (Å²) in [5.41, 5.74) is -3.21. The van der Waals surface area contributed by atoms with E-state index in [0.717, 1.165) is 20.6 Å². The van der Waals surface area contributed by atoms with Crippen LogP contribution in [0.1, 0.15) is 11.5 Å². The summed E-state index contributed by atoms with van der Waals surface area (Å²) in [6.07, 6.45) is 0. The van der Waals surface area contributed by atoms with Crippen LogP contribution in [-0.4, -0.2) is 41.7 Å². The molecule has 2 aromatic rings. The lowest BCUT2D eigenvalue weighted by atomic mass is 9.89. The third kappa shape index (κ3) is 1.66. The second-order valence-corrected chi connectivity index (χ2v) is 6.85. The standard InChI is InChI=1S/C20H14N4O3/c1-23-16(25)20(17(26)24(2)18(23)27)15(19(20,10-21)11-22)14-9-5-7-12-6-3-4-8-13(12)14/h3-9,15H,1-2H3. The summed E-state index contributed by atoms with van der Waals surface area (Å²) >= 11 is 0. The number of hydrogen-bond acceptors (Lipinski definition) is 5. The Hall–Kier alpha value is -3.71. The van der Waals surface area contributed by atoms with E-state index in [0.29, 0.717) is 5.56 Å². The van der Waals surface area contributed by atoms with E-state index in [1.54, 1.807) is 12.1 Å². The highest BCUT2D eigenvalue weighted by atomic mass is 16.2. The number of nitriles is 2. The van der Waals surface area contributed by atoms with Gasteiger partial charge in [0.2, 0.25) is 11.8 Å². The number of barbiturate groups is 1. The minimum atomic E-state index is -1.92. The Morgan fingerprint density at radius 2 is 1.44 bits per heavy atom. The summed E-state index contributed by atoms with van der Waals surface area (Å²) in [5.74, 6) is -2.57. The third-order valence-electron chi connectivity index (χ3n) is 5.75. The van der Waals surface area contributed by atoms with Gasteiger partial charge in [0.15, 0.2) is 10.8 Å². The molecule has 0 bridgehead atoms. The molecule has 2 aromatic carbocycles. The molecule has 1 aliphatic heterocycles. The minimum absolute atomic E-state index is 0.578. The van der Waals surface area contributed by atoms with E-state index < -0.39 is 34.6 Å². The fourth-order valence-electron chi connectivity index (χ4n) is 4.38. The number of nitrogens with zero attached hydrogens (tertiary/aromatic N) is 4. The van der Waals surface area contributed by atoms with Crippen LogP contribution in [0.3, 0.4) is 0 Å². The number of carbonyl (C=O) groups is 3. The summed E-state index contributed by atoms with van der Waals surface area (Å²) in [4.78, 5) is 39.9. The lowest BCUT2D eigenvalue weighted by Gasteiger charge is -2.34. The first-order valence-corrected chi connectivity index (χ1v) is 8.29. The average molecular weight is 358 g/mol. The van der Waals surface area contributed by atoms with Crippen molar-refractivity contribution in [1.82, 2.24) is 9.80 Å². The van der Waals surface area contributed by atoms with Crippen molar-refractivity contribution >= 4 is 28.6 Å². The Bertz CT molecular complexity index is 1080. The van der Waals surface area contributed by atoms with Crippen LogP contribution in [-0.2, 0) is 9.59 Å². The molecule has 4 rings (SSSR count). The van der Waals surface area contributed by atoms with Gasteiger partial charge in [-0.15, -0.1) is 0 Å². The Morgan fingerprint density at radius 3 is 2.04 bits per heavy atom. The first-order chi connectivity index (χ1) is 12.9. The van der Waals surface area contributed by atoms with E-state index in [1.807, 2.05) is 42.5 Å². The number of benzene rings is 2. The predicted molar refractivity (Wildman–Crippen MR) is 93.7 cm³/mol. The molecule has 1 saturated carbocycles. The Balaban J connectivity index is 2.03. The summed E-state index contributed by atoms with van der Waals surface area (Å²) in [6, 6.07) is 15.8. The van der Waals surface area contributed by atoms with E-state index in [9.17, 15) is 24.9 Å². The van der Waals surface area contributed by atoms with Gasteiger partial charge in [-0.25, -0.2) is 4.79 Å². The second kappa shape index (κ2) is 5.15. The first-order valence-electron chi connectivity index (χ1n) is 8.29. The SMILES string of the molecule is CN1C(=O)N(C)C(=O)C2(C1=O)C(c1cccc3ccccc13)C2(C#N)C#N. The Morgan fingerprint density at radius 1 is 0.889 bits per heavy atom. The maximum absolute atomic E-state index is 13.1. The zero-order valence-electron chi connectivity index (χ0n) is 14.6. The van der Waals surface area contributed by atoms with Gasteiger partial charge >= 0.3 is 6.03 Å². The molecule has 7 nitrogen and oxygen atoms in total. The highest BCUT2D eigenvalue weighted by Gasteiger charge is 2.89. The Labute approximate surface area is 155 Å². The maximum atomic E-state index is 13.1. The van der Waals surface area contributed by atoms with E-state index in [4.69, 9.17) is 0 Å². The fourth-order valence-corrected chi connectivity index (χ4v) is 4.38. The van der Waals surface area contributed by atoms with E-state index in [-0.39, 0.29) is 0 Å². The molecule has 1 aliphatic carbocycles. The van der Waals surface area contributed by atoms with Crippen LogP contribution in [0.4, 0.5) is 4.79 Å². The summed E-state index contributed by atoms with van der Waals surface area (Å²) in [5, 5.41) is 21.3. The topological polar surface area (TPSA) is 105 Å². The van der Waals surface area contributed by atoms with Crippen LogP contribution in [0.2, 0.25) is 0 Å². The molecule has 4 amide bonds. The largest absolute Gasteiger partial charge is 0.332 e. The van der Waals surface area contributed by atoms with Crippen LogP contribution in [0.5, 0.6) is 0 Å². The molecule has 0 N–H and O–H groups in total. The lowest BCUT2D eigenvalue weighted by Crippen LogP contribution is -2.59. The fraction of sp³-hybridized carbons (Fsp3) is 0.250. The molecule has 7 heteroatoms. The lowest BCUT2D eigenvalue weighted by molar-refractivity contribution is -0.151. The van der Waals surface area contributed by atoms with Gasteiger partial charge in [0.05, 0.1) is 12.1 Å². The molecule has 2 fully saturated rings. The number of amides is 4. The van der Waals surface area contributed by atoms with Crippen LogP contribution >= 0.6 is 0 Å². The van der Waals surface area contributed by atoms with Crippen molar-refractivity contribution in [3.8, 4) is 12.1 Å². The van der Waals surface area contributed by atoms with Gasteiger partial charge in [0, 0.05) is 20.0 Å². The number of hydrogen-bond donors (Lipinski definition) is 0. The van der Waals surface area contributed by atoms with Gasteiger partial charge < -0.3 is 0 Å². The molecule has 1 spiro atoms. The molecule has 0 aromatic heterocycles. The zero-order chi connectivity index (χ0) is 19.6. The second-order valence-electron chi connectivity index (χ2n) is 6.85. The van der Waals surface area contributed by atoms with Gasteiger partial charge in [0.25, 0.3) is 0 Å². The van der Waals surface area contributed by atoms with Gasteiger partial charge in [-0.1, -0.05) is 42.5 Å². The van der Waals surface area contributed by atoms with Crippen molar-refractivity contribution < 1.29 is 14.4 Å². The molecule has 0 radical (unpaired) electrons. The van der Waals surface area contributed by atoms with Crippen molar-refractivity contribution in [2.45, 2.75) is 5.92 Å². The zero-order valence-corrected chi connectivity index (χ0v) is 14.6. The highest BCUT2D eigenvalue weighted by molar-refractivity contribution is 6.24. The summed E-state index contributed by atoms with van der Waals surface area (Å²) < 4.78 is 0. The quantitative estimate of drug-likeness (QED) is 0.725. The van der Waals surface area contributed by atoms with Crippen molar-refractivity contribution in [3.05, 3.63) is 48.0 Å². The molecule has 132 valence electrons. The molecular formula is C20H14N4O3. The molecule has 2 aliphatic rings. The monoisotopic (exact) mass is 358 g/mol. The number of imide groups is 2. The maximum Gasteiger partial charge on any atom is 0.332 e. The van der Waals surface area contributed by atoms with Crippen molar-refractivity contribution in [1.29, 1.82) is 10.5 Å². The third-order valence-corrected chi connectivity index (χ3v) is 5.75. The van der Waals surface area contributed by atoms with Gasteiger partial charge in [-0.05, 0) is 16.3 Å². The van der Waals surface area contributed by atoms with Gasteiger partial charge in [-0.3, -0.25) is 19.4 Å². The highest BCUT2D eigenvalue weighted by Crippen LogP contribution is 2.76. The van der Waals surface area contributed by atoms with Crippen molar-refractivity contribution in [2.24, 2.45) is 10.8 Å². The molecule has 1 heterocycles. The molecule has 1 saturated heterocycles. The Kier molecular flexibility index (Phi) is 3.19. The molecule has 27 heavy (non-hydrogen) atoms. The number of rotatable bonds is 1.